The zero-order valence-corrected chi connectivity index (χ0v) is 10.8. The summed E-state index contributed by atoms with van der Waals surface area (Å²) in [6, 6.07) is 11.6. The molecule has 2 nitrogen and oxygen atoms in total. The molecule has 0 aliphatic heterocycles. The standard InChI is InChI=1S/C14H10BrNO/c1-8-6-13(17)11-7-12(15)9-4-2-3-5-10(9)14(11)16-8/h2-7H,1H3,(H,16,17). The van der Waals surface area contributed by atoms with Gasteiger partial charge in [-0.3, -0.25) is 4.79 Å². The van der Waals surface area contributed by atoms with Crippen molar-refractivity contribution in [3.63, 3.8) is 0 Å². The predicted molar refractivity (Wildman–Crippen MR) is 74.5 cm³/mol. The number of halogens is 1. The Balaban J connectivity index is 2.68. The van der Waals surface area contributed by atoms with Gasteiger partial charge < -0.3 is 4.98 Å². The van der Waals surface area contributed by atoms with Crippen molar-refractivity contribution >= 4 is 37.6 Å². The van der Waals surface area contributed by atoms with E-state index in [1.165, 1.54) is 0 Å². The maximum atomic E-state index is 12.0. The van der Waals surface area contributed by atoms with Gasteiger partial charge in [-0.2, -0.15) is 0 Å². The lowest BCUT2D eigenvalue weighted by molar-refractivity contribution is 1.25. The van der Waals surface area contributed by atoms with Crippen molar-refractivity contribution in [1.82, 2.24) is 4.98 Å². The minimum atomic E-state index is 0.0581. The van der Waals surface area contributed by atoms with Crippen LogP contribution in [0.5, 0.6) is 0 Å². The second kappa shape index (κ2) is 3.70. The molecule has 0 radical (unpaired) electrons. The van der Waals surface area contributed by atoms with Gasteiger partial charge in [-0.05, 0) is 18.4 Å². The van der Waals surface area contributed by atoms with Crippen LogP contribution in [0.1, 0.15) is 5.69 Å². The van der Waals surface area contributed by atoms with Crippen molar-refractivity contribution in [3.05, 3.63) is 56.8 Å². The predicted octanol–water partition coefficient (Wildman–Crippen LogP) is 3.75. The van der Waals surface area contributed by atoms with E-state index in [-0.39, 0.29) is 5.43 Å². The molecule has 0 unspecified atom stereocenters. The highest BCUT2D eigenvalue weighted by Gasteiger charge is 2.07. The van der Waals surface area contributed by atoms with Crippen LogP contribution in [0, 0.1) is 6.92 Å². The summed E-state index contributed by atoms with van der Waals surface area (Å²) in [6.45, 7) is 1.90. The summed E-state index contributed by atoms with van der Waals surface area (Å²) in [6.07, 6.45) is 0. The lowest BCUT2D eigenvalue weighted by Gasteiger charge is -2.06. The maximum absolute atomic E-state index is 12.0. The van der Waals surface area contributed by atoms with Crippen molar-refractivity contribution in [3.8, 4) is 0 Å². The van der Waals surface area contributed by atoms with Crippen LogP contribution >= 0.6 is 15.9 Å². The molecule has 0 spiro atoms. The number of rotatable bonds is 0. The Morgan fingerprint density at radius 3 is 2.53 bits per heavy atom. The maximum Gasteiger partial charge on any atom is 0.189 e. The van der Waals surface area contributed by atoms with E-state index in [2.05, 4.69) is 20.9 Å². The fraction of sp³-hybridized carbons (Fsp3) is 0.0714. The minimum Gasteiger partial charge on any atom is -0.358 e. The van der Waals surface area contributed by atoms with Crippen molar-refractivity contribution in [1.29, 1.82) is 0 Å². The van der Waals surface area contributed by atoms with Gasteiger partial charge in [-0.15, -0.1) is 0 Å². The Hall–Kier alpha value is -1.61. The van der Waals surface area contributed by atoms with Crippen LogP contribution in [0.3, 0.4) is 0 Å². The number of fused-ring (bicyclic) bond motifs is 3. The summed E-state index contributed by atoms with van der Waals surface area (Å²) in [5.74, 6) is 0. The van der Waals surface area contributed by atoms with E-state index >= 15 is 0 Å². The van der Waals surface area contributed by atoms with Gasteiger partial charge in [0.15, 0.2) is 5.43 Å². The summed E-state index contributed by atoms with van der Waals surface area (Å²) in [5.41, 5.74) is 1.85. The first-order chi connectivity index (χ1) is 8.16. The molecule has 84 valence electrons. The number of nitrogens with one attached hydrogen (secondary N) is 1. The molecule has 2 aromatic carbocycles. The monoisotopic (exact) mass is 287 g/mol. The molecular weight excluding hydrogens is 278 g/mol. The summed E-state index contributed by atoms with van der Waals surface area (Å²) in [7, 11) is 0. The zero-order valence-electron chi connectivity index (χ0n) is 9.25. The first kappa shape index (κ1) is 10.5. The van der Waals surface area contributed by atoms with Gasteiger partial charge in [0.05, 0.1) is 5.52 Å². The minimum absolute atomic E-state index is 0.0581. The van der Waals surface area contributed by atoms with Crippen molar-refractivity contribution in [2.24, 2.45) is 0 Å². The number of H-pyrrole nitrogens is 1. The van der Waals surface area contributed by atoms with Gasteiger partial charge in [0.25, 0.3) is 0 Å². The number of benzene rings is 2. The van der Waals surface area contributed by atoms with E-state index in [1.54, 1.807) is 6.07 Å². The van der Waals surface area contributed by atoms with Crippen LogP contribution in [-0.2, 0) is 0 Å². The number of aromatic amines is 1. The highest BCUT2D eigenvalue weighted by atomic mass is 79.9. The Morgan fingerprint density at radius 1 is 1.06 bits per heavy atom. The largest absolute Gasteiger partial charge is 0.358 e. The first-order valence-electron chi connectivity index (χ1n) is 5.38. The van der Waals surface area contributed by atoms with E-state index in [0.29, 0.717) is 0 Å². The normalized spacial score (nSPS) is 11.2. The number of pyridine rings is 1. The fourth-order valence-corrected chi connectivity index (χ4v) is 2.74. The van der Waals surface area contributed by atoms with Crippen LogP contribution in [0.4, 0.5) is 0 Å². The van der Waals surface area contributed by atoms with Crippen LogP contribution in [0.15, 0.2) is 45.7 Å². The highest BCUT2D eigenvalue weighted by Crippen LogP contribution is 2.29. The van der Waals surface area contributed by atoms with Gasteiger partial charge in [0.2, 0.25) is 0 Å². The molecule has 3 aromatic rings. The lowest BCUT2D eigenvalue weighted by atomic mass is 10.1. The molecule has 0 atom stereocenters. The topological polar surface area (TPSA) is 32.9 Å². The molecule has 0 amide bonds. The van der Waals surface area contributed by atoms with Crippen molar-refractivity contribution in [2.75, 3.05) is 0 Å². The van der Waals surface area contributed by atoms with Gasteiger partial charge in [0.1, 0.15) is 0 Å². The third-order valence-electron chi connectivity index (χ3n) is 2.93. The SMILES string of the molecule is Cc1cc(=O)c2cc(Br)c3ccccc3c2[nH]1. The average molecular weight is 288 g/mol. The van der Waals surface area contributed by atoms with E-state index in [1.807, 2.05) is 37.3 Å². The molecule has 0 fully saturated rings. The number of hydrogen-bond acceptors (Lipinski definition) is 1. The number of aryl methyl sites for hydroxylation is 1. The Morgan fingerprint density at radius 2 is 1.76 bits per heavy atom. The molecule has 17 heavy (non-hydrogen) atoms. The molecule has 3 rings (SSSR count). The summed E-state index contributed by atoms with van der Waals surface area (Å²) >= 11 is 3.52. The van der Waals surface area contributed by atoms with Crippen molar-refractivity contribution in [2.45, 2.75) is 6.92 Å². The second-order valence-corrected chi connectivity index (χ2v) is 5.00. The van der Waals surface area contributed by atoms with Crippen LogP contribution in [0.25, 0.3) is 21.7 Å². The molecule has 1 N–H and O–H groups in total. The molecule has 0 aliphatic rings. The third kappa shape index (κ3) is 1.58. The molecule has 3 heteroatoms. The van der Waals surface area contributed by atoms with Gasteiger partial charge in [-0.1, -0.05) is 40.2 Å². The molecule has 0 saturated carbocycles. The van der Waals surface area contributed by atoms with Crippen molar-refractivity contribution < 1.29 is 0 Å². The number of aromatic nitrogens is 1. The van der Waals surface area contributed by atoms with Crippen LogP contribution in [0.2, 0.25) is 0 Å². The van der Waals surface area contributed by atoms with Gasteiger partial charge >= 0.3 is 0 Å². The second-order valence-electron chi connectivity index (χ2n) is 4.14. The van der Waals surface area contributed by atoms with Crippen LogP contribution < -0.4 is 5.43 Å². The van der Waals surface area contributed by atoms with E-state index in [4.69, 9.17) is 0 Å². The Labute approximate surface area is 106 Å². The van der Waals surface area contributed by atoms with Gasteiger partial charge in [0, 0.05) is 27.0 Å². The van der Waals surface area contributed by atoms with E-state index in [9.17, 15) is 4.79 Å². The van der Waals surface area contributed by atoms with E-state index < -0.39 is 0 Å². The summed E-state index contributed by atoms with van der Waals surface area (Å²) in [4.78, 5) is 15.2. The zero-order chi connectivity index (χ0) is 12.0. The fourth-order valence-electron chi connectivity index (χ4n) is 2.17. The summed E-state index contributed by atoms with van der Waals surface area (Å²) in [5, 5.41) is 2.90. The molecule has 1 aromatic heterocycles. The smallest absolute Gasteiger partial charge is 0.189 e. The number of hydrogen-bond donors (Lipinski definition) is 1. The van der Waals surface area contributed by atoms with E-state index in [0.717, 1.165) is 31.8 Å². The lowest BCUT2D eigenvalue weighted by Crippen LogP contribution is -2.03. The molecule has 0 aliphatic carbocycles. The average Bonchev–Trinajstić information content (AvgIpc) is 2.31. The van der Waals surface area contributed by atoms with Gasteiger partial charge in [-0.25, -0.2) is 0 Å². The third-order valence-corrected chi connectivity index (χ3v) is 3.59. The summed E-state index contributed by atoms with van der Waals surface area (Å²) < 4.78 is 0.954. The Kier molecular flexibility index (Phi) is 2.30. The molecule has 1 heterocycles. The quantitative estimate of drug-likeness (QED) is 0.628. The highest BCUT2D eigenvalue weighted by molar-refractivity contribution is 9.10. The Bertz CT molecular complexity index is 789. The first-order valence-corrected chi connectivity index (χ1v) is 6.17. The molecular formula is C14H10BrNO. The van der Waals surface area contributed by atoms with Crippen LogP contribution in [-0.4, -0.2) is 4.98 Å². The molecule has 0 bridgehead atoms. The molecule has 0 saturated heterocycles.